The second-order valence-corrected chi connectivity index (χ2v) is 5.96. The van der Waals surface area contributed by atoms with Gasteiger partial charge < -0.3 is 14.8 Å². The fourth-order valence-electron chi connectivity index (χ4n) is 3.39. The number of hydrogen-bond donors (Lipinski definition) is 1. The third-order valence-electron chi connectivity index (χ3n) is 4.57. The summed E-state index contributed by atoms with van der Waals surface area (Å²) in [5.74, 6) is 0.664. The maximum atomic E-state index is 4.38. The van der Waals surface area contributed by atoms with Gasteiger partial charge in [0.15, 0.2) is 0 Å². The summed E-state index contributed by atoms with van der Waals surface area (Å²) in [4.78, 5) is 6.98. The van der Waals surface area contributed by atoms with Crippen molar-refractivity contribution in [2.45, 2.75) is 44.6 Å². The topological polar surface area (TPSA) is 33.1 Å². The second-order valence-electron chi connectivity index (χ2n) is 5.96. The van der Waals surface area contributed by atoms with Crippen molar-refractivity contribution < 1.29 is 0 Å². The molecule has 0 bridgehead atoms. The summed E-state index contributed by atoms with van der Waals surface area (Å²) in [6.07, 6.45) is 10.9. The molecule has 0 radical (unpaired) electrons. The zero-order chi connectivity index (χ0) is 12.9. The van der Waals surface area contributed by atoms with Crippen molar-refractivity contribution in [2.24, 2.45) is 0 Å². The van der Waals surface area contributed by atoms with Gasteiger partial charge in [-0.2, -0.15) is 0 Å². The standard InChI is InChI=1S/C15H26N4/c1-2-7-18(8-3-1)9-10-19-13-17-12-15(19)14-5-4-6-16-11-14/h12-14,16H,1-11H2. The highest BCUT2D eigenvalue weighted by atomic mass is 15.2. The first-order valence-electron chi connectivity index (χ1n) is 7.86. The summed E-state index contributed by atoms with van der Waals surface area (Å²) < 4.78 is 2.38. The number of likely N-dealkylation sites (tertiary alicyclic amines) is 1. The Labute approximate surface area is 116 Å². The van der Waals surface area contributed by atoms with Crippen LogP contribution < -0.4 is 5.32 Å². The van der Waals surface area contributed by atoms with Crippen molar-refractivity contribution in [1.29, 1.82) is 0 Å². The molecule has 106 valence electrons. The third kappa shape index (κ3) is 3.37. The van der Waals surface area contributed by atoms with Gasteiger partial charge in [0.1, 0.15) is 0 Å². The van der Waals surface area contributed by atoms with Gasteiger partial charge >= 0.3 is 0 Å². The van der Waals surface area contributed by atoms with Crippen LogP contribution in [0.2, 0.25) is 0 Å². The van der Waals surface area contributed by atoms with Crippen LogP contribution in [0.15, 0.2) is 12.5 Å². The minimum Gasteiger partial charge on any atom is -0.333 e. The summed E-state index contributed by atoms with van der Waals surface area (Å²) in [6.45, 7) is 7.16. The molecule has 3 rings (SSSR count). The highest BCUT2D eigenvalue weighted by molar-refractivity contribution is 5.08. The van der Waals surface area contributed by atoms with E-state index in [1.54, 1.807) is 0 Å². The number of rotatable bonds is 4. The van der Waals surface area contributed by atoms with Gasteiger partial charge in [-0.25, -0.2) is 4.98 Å². The molecule has 2 aliphatic heterocycles. The van der Waals surface area contributed by atoms with E-state index in [9.17, 15) is 0 Å². The van der Waals surface area contributed by atoms with Crippen molar-refractivity contribution in [1.82, 2.24) is 19.8 Å². The molecule has 0 spiro atoms. The summed E-state index contributed by atoms with van der Waals surface area (Å²) in [7, 11) is 0. The van der Waals surface area contributed by atoms with E-state index < -0.39 is 0 Å². The van der Waals surface area contributed by atoms with Crippen molar-refractivity contribution in [2.75, 3.05) is 32.7 Å². The van der Waals surface area contributed by atoms with Crippen LogP contribution in [0.4, 0.5) is 0 Å². The van der Waals surface area contributed by atoms with Crippen LogP contribution in [0.25, 0.3) is 0 Å². The first-order chi connectivity index (χ1) is 9.43. The monoisotopic (exact) mass is 262 g/mol. The third-order valence-corrected chi connectivity index (χ3v) is 4.57. The van der Waals surface area contributed by atoms with Gasteiger partial charge in [0.25, 0.3) is 0 Å². The second kappa shape index (κ2) is 6.53. The molecule has 1 aromatic rings. The molecule has 2 saturated heterocycles. The maximum absolute atomic E-state index is 4.38. The van der Waals surface area contributed by atoms with E-state index >= 15 is 0 Å². The van der Waals surface area contributed by atoms with Gasteiger partial charge in [-0.3, -0.25) is 0 Å². The van der Waals surface area contributed by atoms with E-state index in [2.05, 4.69) is 26.0 Å². The molecule has 0 aliphatic carbocycles. The van der Waals surface area contributed by atoms with Gasteiger partial charge in [0.2, 0.25) is 0 Å². The van der Waals surface area contributed by atoms with Crippen molar-refractivity contribution in [3.8, 4) is 0 Å². The maximum Gasteiger partial charge on any atom is 0.0948 e. The fraction of sp³-hybridized carbons (Fsp3) is 0.800. The summed E-state index contributed by atoms with van der Waals surface area (Å²) >= 11 is 0. The number of nitrogens with zero attached hydrogens (tertiary/aromatic N) is 3. The lowest BCUT2D eigenvalue weighted by Crippen LogP contribution is -2.33. The normalized spacial score (nSPS) is 25.6. The largest absolute Gasteiger partial charge is 0.333 e. The minimum atomic E-state index is 0.664. The predicted molar refractivity (Wildman–Crippen MR) is 77.4 cm³/mol. The molecule has 1 unspecified atom stereocenters. The lowest BCUT2D eigenvalue weighted by molar-refractivity contribution is 0.219. The molecule has 0 aromatic carbocycles. The van der Waals surface area contributed by atoms with E-state index in [-0.39, 0.29) is 0 Å². The van der Waals surface area contributed by atoms with Crippen LogP contribution >= 0.6 is 0 Å². The Hall–Kier alpha value is -0.870. The Morgan fingerprint density at radius 3 is 2.84 bits per heavy atom. The number of piperidine rings is 2. The Kier molecular flexibility index (Phi) is 4.51. The lowest BCUT2D eigenvalue weighted by atomic mass is 9.96. The highest BCUT2D eigenvalue weighted by Crippen LogP contribution is 2.22. The number of hydrogen-bond acceptors (Lipinski definition) is 3. The Bertz CT molecular complexity index is 375. The van der Waals surface area contributed by atoms with Crippen LogP contribution in [-0.4, -0.2) is 47.2 Å². The van der Waals surface area contributed by atoms with Crippen LogP contribution in [0.3, 0.4) is 0 Å². The van der Waals surface area contributed by atoms with E-state index in [4.69, 9.17) is 0 Å². The van der Waals surface area contributed by atoms with Crippen LogP contribution in [0.1, 0.15) is 43.7 Å². The number of aromatic nitrogens is 2. The smallest absolute Gasteiger partial charge is 0.0948 e. The minimum absolute atomic E-state index is 0.664. The van der Waals surface area contributed by atoms with Crippen LogP contribution in [0.5, 0.6) is 0 Å². The van der Waals surface area contributed by atoms with E-state index in [0.717, 1.165) is 13.1 Å². The average molecular weight is 262 g/mol. The highest BCUT2D eigenvalue weighted by Gasteiger charge is 2.19. The fourth-order valence-corrected chi connectivity index (χ4v) is 3.39. The van der Waals surface area contributed by atoms with Crippen molar-refractivity contribution >= 4 is 0 Å². The Balaban J connectivity index is 1.56. The molecule has 1 atom stereocenters. The van der Waals surface area contributed by atoms with Crippen LogP contribution in [-0.2, 0) is 6.54 Å². The average Bonchev–Trinajstić information content (AvgIpc) is 2.95. The molecule has 4 heteroatoms. The van der Waals surface area contributed by atoms with E-state index in [1.165, 1.54) is 64.0 Å². The Morgan fingerprint density at radius 1 is 1.16 bits per heavy atom. The van der Waals surface area contributed by atoms with Gasteiger partial charge in [-0.05, 0) is 45.3 Å². The molecule has 2 fully saturated rings. The zero-order valence-corrected chi connectivity index (χ0v) is 11.9. The zero-order valence-electron chi connectivity index (χ0n) is 11.9. The molecule has 0 amide bonds. The first kappa shape index (κ1) is 13.1. The van der Waals surface area contributed by atoms with Crippen LogP contribution in [0, 0.1) is 0 Å². The van der Waals surface area contributed by atoms with Crippen molar-refractivity contribution in [3.63, 3.8) is 0 Å². The van der Waals surface area contributed by atoms with E-state index in [1.807, 2.05) is 6.33 Å². The molecular formula is C15H26N4. The van der Waals surface area contributed by atoms with E-state index in [0.29, 0.717) is 5.92 Å². The molecule has 1 N–H and O–H groups in total. The van der Waals surface area contributed by atoms with Gasteiger partial charge in [-0.15, -0.1) is 0 Å². The molecule has 4 nitrogen and oxygen atoms in total. The van der Waals surface area contributed by atoms with Gasteiger partial charge in [-0.1, -0.05) is 6.42 Å². The molecule has 2 aliphatic rings. The first-order valence-corrected chi connectivity index (χ1v) is 7.86. The molecule has 0 saturated carbocycles. The predicted octanol–water partition coefficient (Wildman–Crippen LogP) is 1.84. The summed E-state index contributed by atoms with van der Waals surface area (Å²) in [6, 6.07) is 0. The Morgan fingerprint density at radius 2 is 2.05 bits per heavy atom. The number of nitrogens with one attached hydrogen (secondary N) is 1. The lowest BCUT2D eigenvalue weighted by Gasteiger charge is -2.28. The molecular weight excluding hydrogens is 236 g/mol. The van der Waals surface area contributed by atoms with Gasteiger partial charge in [0.05, 0.1) is 6.33 Å². The molecule has 1 aromatic heterocycles. The summed E-state index contributed by atoms with van der Waals surface area (Å²) in [5.41, 5.74) is 1.43. The molecule has 19 heavy (non-hydrogen) atoms. The SMILES string of the molecule is c1ncn(CCN2CCCCC2)c1C1CCCNC1. The van der Waals surface area contributed by atoms with Crippen molar-refractivity contribution in [3.05, 3.63) is 18.2 Å². The number of imidazole rings is 1. The quantitative estimate of drug-likeness (QED) is 0.899. The summed E-state index contributed by atoms with van der Waals surface area (Å²) in [5, 5.41) is 3.50. The molecule has 3 heterocycles. The van der Waals surface area contributed by atoms with Gasteiger partial charge in [0, 0.05) is 37.4 Å².